The molecule has 1 heterocycles. The fourth-order valence-corrected chi connectivity index (χ4v) is 3.13. The molecule has 1 aliphatic rings. The topological polar surface area (TPSA) is 46.1 Å². The van der Waals surface area contributed by atoms with E-state index >= 15 is 0 Å². The molecule has 24 heavy (non-hydrogen) atoms. The zero-order chi connectivity index (χ0) is 17.4. The van der Waals surface area contributed by atoms with Crippen molar-refractivity contribution in [2.75, 3.05) is 41.0 Å². The molecule has 1 aliphatic heterocycles. The fourth-order valence-electron chi connectivity index (χ4n) is 3.13. The SMILES string of the molecule is CN=C(NCc1ccc(OC)c(C)c1)N(C)CCC1CCOCC1. The van der Waals surface area contributed by atoms with E-state index in [9.17, 15) is 0 Å². The summed E-state index contributed by atoms with van der Waals surface area (Å²) >= 11 is 0. The van der Waals surface area contributed by atoms with Crippen LogP contribution in [0.1, 0.15) is 30.4 Å². The molecule has 5 heteroatoms. The first kappa shape index (κ1) is 18.6. The molecular formula is C19H31N3O2. The quantitative estimate of drug-likeness (QED) is 0.642. The molecule has 0 atom stereocenters. The number of aryl methyl sites for hydroxylation is 1. The minimum atomic E-state index is 0.763. The van der Waals surface area contributed by atoms with E-state index in [1.807, 2.05) is 13.1 Å². The highest BCUT2D eigenvalue weighted by atomic mass is 16.5. The lowest BCUT2D eigenvalue weighted by Gasteiger charge is -2.27. The number of rotatable bonds is 6. The Bertz CT molecular complexity index is 539. The summed E-state index contributed by atoms with van der Waals surface area (Å²) in [5, 5.41) is 3.45. The van der Waals surface area contributed by atoms with Crippen LogP contribution in [-0.4, -0.2) is 51.8 Å². The van der Waals surface area contributed by atoms with Gasteiger partial charge in [-0.05, 0) is 49.3 Å². The third-order valence-corrected chi connectivity index (χ3v) is 4.70. The highest BCUT2D eigenvalue weighted by Gasteiger charge is 2.15. The summed E-state index contributed by atoms with van der Waals surface area (Å²) in [6.45, 7) is 5.68. The maximum Gasteiger partial charge on any atom is 0.193 e. The minimum Gasteiger partial charge on any atom is -0.496 e. The van der Waals surface area contributed by atoms with Crippen molar-refractivity contribution < 1.29 is 9.47 Å². The van der Waals surface area contributed by atoms with Gasteiger partial charge in [0.05, 0.1) is 7.11 Å². The van der Waals surface area contributed by atoms with Gasteiger partial charge in [-0.15, -0.1) is 0 Å². The normalized spacial score (nSPS) is 16.1. The number of nitrogens with one attached hydrogen (secondary N) is 1. The molecule has 1 aromatic carbocycles. The molecule has 0 spiro atoms. The largest absolute Gasteiger partial charge is 0.496 e. The lowest BCUT2D eigenvalue weighted by atomic mass is 9.96. The molecule has 0 amide bonds. The highest BCUT2D eigenvalue weighted by Crippen LogP contribution is 2.19. The predicted molar refractivity (Wildman–Crippen MR) is 98.7 cm³/mol. The Hall–Kier alpha value is -1.75. The predicted octanol–water partition coefficient (Wildman–Crippen LogP) is 2.83. The first-order valence-electron chi connectivity index (χ1n) is 8.77. The Morgan fingerprint density at radius 3 is 2.75 bits per heavy atom. The van der Waals surface area contributed by atoms with Gasteiger partial charge in [-0.1, -0.05) is 12.1 Å². The van der Waals surface area contributed by atoms with Crippen molar-refractivity contribution in [2.24, 2.45) is 10.9 Å². The highest BCUT2D eigenvalue weighted by molar-refractivity contribution is 5.79. The van der Waals surface area contributed by atoms with Gasteiger partial charge in [0, 0.05) is 40.4 Å². The van der Waals surface area contributed by atoms with Crippen LogP contribution in [-0.2, 0) is 11.3 Å². The summed E-state index contributed by atoms with van der Waals surface area (Å²) in [5.41, 5.74) is 2.38. The molecule has 134 valence electrons. The summed E-state index contributed by atoms with van der Waals surface area (Å²) in [7, 11) is 5.65. The van der Waals surface area contributed by atoms with E-state index in [0.29, 0.717) is 0 Å². The maximum absolute atomic E-state index is 5.43. The third-order valence-electron chi connectivity index (χ3n) is 4.70. The summed E-state index contributed by atoms with van der Waals surface area (Å²) in [6.07, 6.45) is 3.57. The van der Waals surface area contributed by atoms with Gasteiger partial charge in [-0.2, -0.15) is 0 Å². The number of benzene rings is 1. The number of ether oxygens (including phenoxy) is 2. The molecule has 0 aromatic heterocycles. The van der Waals surface area contributed by atoms with Gasteiger partial charge < -0.3 is 19.7 Å². The average molecular weight is 333 g/mol. The van der Waals surface area contributed by atoms with Gasteiger partial charge in [-0.25, -0.2) is 0 Å². The van der Waals surface area contributed by atoms with Gasteiger partial charge in [0.1, 0.15) is 5.75 Å². The molecule has 1 fully saturated rings. The van der Waals surface area contributed by atoms with E-state index in [-0.39, 0.29) is 0 Å². The Morgan fingerprint density at radius 2 is 2.12 bits per heavy atom. The molecule has 0 bridgehead atoms. The van der Waals surface area contributed by atoms with Gasteiger partial charge in [0.25, 0.3) is 0 Å². The van der Waals surface area contributed by atoms with Gasteiger partial charge in [0.2, 0.25) is 0 Å². The van der Waals surface area contributed by atoms with Crippen molar-refractivity contribution in [3.8, 4) is 5.75 Å². The van der Waals surface area contributed by atoms with Gasteiger partial charge >= 0.3 is 0 Å². The Balaban J connectivity index is 1.81. The minimum absolute atomic E-state index is 0.763. The zero-order valence-electron chi connectivity index (χ0n) is 15.5. The van der Waals surface area contributed by atoms with Crippen molar-refractivity contribution in [1.29, 1.82) is 0 Å². The van der Waals surface area contributed by atoms with E-state index in [0.717, 1.165) is 49.5 Å². The van der Waals surface area contributed by atoms with E-state index in [4.69, 9.17) is 9.47 Å². The second-order valence-electron chi connectivity index (χ2n) is 6.47. The second kappa shape index (κ2) is 9.52. The Morgan fingerprint density at radius 1 is 1.38 bits per heavy atom. The van der Waals surface area contributed by atoms with Crippen molar-refractivity contribution in [3.63, 3.8) is 0 Å². The monoisotopic (exact) mass is 333 g/mol. The summed E-state index contributed by atoms with van der Waals surface area (Å²) in [4.78, 5) is 6.62. The van der Waals surface area contributed by atoms with Crippen LogP contribution in [0, 0.1) is 12.8 Å². The summed E-state index contributed by atoms with van der Waals surface area (Å²) < 4.78 is 10.7. The third kappa shape index (κ3) is 5.41. The molecule has 0 radical (unpaired) electrons. The number of hydrogen-bond acceptors (Lipinski definition) is 3. The Kier molecular flexibility index (Phi) is 7.37. The van der Waals surface area contributed by atoms with Crippen LogP contribution in [0.2, 0.25) is 0 Å². The molecule has 2 rings (SSSR count). The second-order valence-corrected chi connectivity index (χ2v) is 6.47. The molecule has 1 saturated heterocycles. The molecule has 1 aromatic rings. The smallest absolute Gasteiger partial charge is 0.193 e. The standard InChI is InChI=1S/C19H31N3O2/c1-15-13-17(5-6-18(15)23-4)14-21-19(20-2)22(3)10-7-16-8-11-24-12-9-16/h5-6,13,16H,7-12,14H2,1-4H3,(H,20,21). The number of aliphatic imine (C=N–C) groups is 1. The van der Waals surface area contributed by atoms with Crippen LogP contribution in [0.25, 0.3) is 0 Å². The molecule has 0 aliphatic carbocycles. The van der Waals surface area contributed by atoms with Crippen LogP contribution in [0.3, 0.4) is 0 Å². The van der Waals surface area contributed by atoms with Gasteiger partial charge in [-0.3, -0.25) is 4.99 Å². The van der Waals surface area contributed by atoms with Crippen molar-refractivity contribution >= 4 is 5.96 Å². The molecular weight excluding hydrogens is 302 g/mol. The molecule has 5 nitrogen and oxygen atoms in total. The molecule has 1 N–H and O–H groups in total. The number of guanidine groups is 1. The number of nitrogens with zero attached hydrogens (tertiary/aromatic N) is 2. The molecule has 0 unspecified atom stereocenters. The van der Waals surface area contributed by atoms with Crippen LogP contribution in [0.4, 0.5) is 0 Å². The number of methoxy groups -OCH3 is 1. The Labute approximate surface area is 146 Å². The fraction of sp³-hybridized carbons (Fsp3) is 0.632. The first-order chi connectivity index (χ1) is 11.6. The summed E-state index contributed by atoms with van der Waals surface area (Å²) in [6, 6.07) is 6.26. The van der Waals surface area contributed by atoms with Crippen LogP contribution in [0.5, 0.6) is 5.75 Å². The van der Waals surface area contributed by atoms with E-state index in [1.165, 1.54) is 24.8 Å². The van der Waals surface area contributed by atoms with E-state index < -0.39 is 0 Å². The lowest BCUT2D eigenvalue weighted by Crippen LogP contribution is -2.39. The number of hydrogen-bond donors (Lipinski definition) is 1. The zero-order valence-corrected chi connectivity index (χ0v) is 15.5. The van der Waals surface area contributed by atoms with Crippen molar-refractivity contribution in [3.05, 3.63) is 29.3 Å². The maximum atomic E-state index is 5.43. The van der Waals surface area contributed by atoms with Crippen LogP contribution < -0.4 is 10.1 Å². The molecule has 0 saturated carbocycles. The van der Waals surface area contributed by atoms with Crippen LogP contribution in [0.15, 0.2) is 23.2 Å². The average Bonchev–Trinajstić information content (AvgIpc) is 2.61. The lowest BCUT2D eigenvalue weighted by molar-refractivity contribution is 0.0625. The summed E-state index contributed by atoms with van der Waals surface area (Å²) in [5.74, 6) is 2.65. The van der Waals surface area contributed by atoms with Gasteiger partial charge in [0.15, 0.2) is 5.96 Å². The van der Waals surface area contributed by atoms with E-state index in [2.05, 4.69) is 41.3 Å². The van der Waals surface area contributed by atoms with Crippen molar-refractivity contribution in [1.82, 2.24) is 10.2 Å². The van der Waals surface area contributed by atoms with Crippen molar-refractivity contribution in [2.45, 2.75) is 32.7 Å². The van der Waals surface area contributed by atoms with E-state index in [1.54, 1.807) is 7.11 Å². The first-order valence-corrected chi connectivity index (χ1v) is 8.77. The van der Waals surface area contributed by atoms with Crippen LogP contribution >= 0.6 is 0 Å².